The van der Waals surface area contributed by atoms with Crippen molar-refractivity contribution in [2.45, 2.75) is 18.7 Å². The molecule has 0 aliphatic rings. The van der Waals surface area contributed by atoms with Crippen LogP contribution in [-0.4, -0.2) is 40.6 Å². The van der Waals surface area contributed by atoms with Gasteiger partial charge in [0.15, 0.2) is 0 Å². The van der Waals surface area contributed by atoms with E-state index in [0.29, 0.717) is 5.75 Å². The predicted molar refractivity (Wildman–Crippen MR) is 135 cm³/mol. The van der Waals surface area contributed by atoms with Gasteiger partial charge < -0.3 is 14.8 Å². The standard InChI is InChI=1S/C25H25ClN2O6S/c1-4-34-25(30)20-15-18(11-12-21(20)26)27-24(29)16-28(22-14-17(2)10-13-23(22)33-3)35(31,32)19-8-6-5-7-9-19/h5-15H,4,16H2,1-3H3,(H,27,29). The second kappa shape index (κ2) is 11.2. The molecule has 10 heteroatoms. The lowest BCUT2D eigenvalue weighted by molar-refractivity contribution is -0.114. The highest BCUT2D eigenvalue weighted by Crippen LogP contribution is 2.33. The fraction of sp³-hybridized carbons (Fsp3) is 0.200. The van der Waals surface area contributed by atoms with Crippen LogP contribution in [0, 0.1) is 6.92 Å². The molecule has 0 heterocycles. The van der Waals surface area contributed by atoms with Crippen LogP contribution < -0.4 is 14.4 Å². The van der Waals surface area contributed by atoms with Gasteiger partial charge in [-0.1, -0.05) is 35.9 Å². The number of nitrogens with zero attached hydrogens (tertiary/aromatic N) is 1. The van der Waals surface area contributed by atoms with E-state index in [9.17, 15) is 18.0 Å². The number of halogens is 1. The third-order valence-electron chi connectivity index (χ3n) is 4.97. The number of hydrogen-bond acceptors (Lipinski definition) is 6. The maximum Gasteiger partial charge on any atom is 0.339 e. The molecule has 8 nitrogen and oxygen atoms in total. The van der Waals surface area contributed by atoms with Crippen LogP contribution in [0.15, 0.2) is 71.6 Å². The Bertz CT molecular complexity index is 1330. The van der Waals surface area contributed by atoms with E-state index in [-0.39, 0.29) is 33.5 Å². The number of esters is 1. The number of amides is 1. The smallest absolute Gasteiger partial charge is 0.339 e. The Morgan fingerprint density at radius 2 is 1.74 bits per heavy atom. The number of anilines is 2. The number of aryl methyl sites for hydroxylation is 1. The Hall–Kier alpha value is -3.56. The normalized spacial score (nSPS) is 11.0. The minimum absolute atomic E-state index is 0.0208. The summed E-state index contributed by atoms with van der Waals surface area (Å²) in [7, 11) is -2.71. The molecule has 0 aliphatic carbocycles. The van der Waals surface area contributed by atoms with E-state index in [1.54, 1.807) is 50.2 Å². The third kappa shape index (κ3) is 6.12. The summed E-state index contributed by atoms with van der Waals surface area (Å²) in [5, 5.41) is 2.80. The topological polar surface area (TPSA) is 102 Å². The van der Waals surface area contributed by atoms with Gasteiger partial charge in [0, 0.05) is 5.69 Å². The van der Waals surface area contributed by atoms with Crippen molar-refractivity contribution in [2.75, 3.05) is 29.9 Å². The Kier molecular flexibility index (Phi) is 8.37. The number of nitrogens with one attached hydrogen (secondary N) is 1. The van der Waals surface area contributed by atoms with Gasteiger partial charge >= 0.3 is 5.97 Å². The zero-order chi connectivity index (χ0) is 25.6. The van der Waals surface area contributed by atoms with Crippen molar-refractivity contribution in [2.24, 2.45) is 0 Å². The van der Waals surface area contributed by atoms with Gasteiger partial charge in [-0.15, -0.1) is 0 Å². The first kappa shape index (κ1) is 26.1. The quantitative estimate of drug-likeness (QED) is 0.415. The van der Waals surface area contributed by atoms with Crippen molar-refractivity contribution in [1.82, 2.24) is 0 Å². The lowest BCUT2D eigenvalue weighted by atomic mass is 10.2. The summed E-state index contributed by atoms with van der Waals surface area (Å²) in [4.78, 5) is 25.2. The molecular formula is C25H25ClN2O6S. The Morgan fingerprint density at radius 3 is 2.40 bits per heavy atom. The molecule has 0 aliphatic heterocycles. The van der Waals surface area contributed by atoms with Crippen LogP contribution in [0.2, 0.25) is 5.02 Å². The Morgan fingerprint density at radius 1 is 1.03 bits per heavy atom. The maximum atomic E-state index is 13.6. The van der Waals surface area contributed by atoms with E-state index in [0.717, 1.165) is 9.87 Å². The molecule has 0 saturated heterocycles. The van der Waals surface area contributed by atoms with Gasteiger partial charge in [-0.2, -0.15) is 0 Å². The monoisotopic (exact) mass is 516 g/mol. The molecule has 1 N–H and O–H groups in total. The Labute approximate surface area is 209 Å². The van der Waals surface area contributed by atoms with Crippen molar-refractivity contribution in [3.63, 3.8) is 0 Å². The molecule has 0 unspecified atom stereocenters. The molecule has 3 aromatic rings. The highest BCUT2D eigenvalue weighted by atomic mass is 35.5. The van der Waals surface area contributed by atoms with Crippen LogP contribution in [0.25, 0.3) is 0 Å². The highest BCUT2D eigenvalue weighted by molar-refractivity contribution is 7.92. The third-order valence-corrected chi connectivity index (χ3v) is 7.07. The fourth-order valence-electron chi connectivity index (χ4n) is 3.31. The van der Waals surface area contributed by atoms with Gasteiger partial charge in [0.25, 0.3) is 10.0 Å². The summed E-state index contributed by atoms with van der Waals surface area (Å²) in [5.41, 5.74) is 1.34. The summed E-state index contributed by atoms with van der Waals surface area (Å²) < 4.78 is 38.5. The zero-order valence-electron chi connectivity index (χ0n) is 19.4. The lowest BCUT2D eigenvalue weighted by Gasteiger charge is -2.26. The number of sulfonamides is 1. The number of methoxy groups -OCH3 is 1. The van der Waals surface area contributed by atoms with Crippen molar-refractivity contribution >= 4 is 44.9 Å². The predicted octanol–water partition coefficient (Wildman–Crippen LogP) is 4.67. The molecule has 0 spiro atoms. The number of carbonyl (C=O) groups is 2. The molecule has 35 heavy (non-hydrogen) atoms. The number of carbonyl (C=O) groups excluding carboxylic acids is 2. The van der Waals surface area contributed by atoms with E-state index in [4.69, 9.17) is 21.1 Å². The van der Waals surface area contributed by atoms with Crippen LogP contribution in [-0.2, 0) is 19.6 Å². The van der Waals surface area contributed by atoms with E-state index in [2.05, 4.69) is 5.32 Å². The summed E-state index contributed by atoms with van der Waals surface area (Å²) in [6.45, 7) is 3.09. The number of ether oxygens (including phenoxy) is 2. The van der Waals surface area contributed by atoms with Crippen LogP contribution in [0.4, 0.5) is 11.4 Å². The van der Waals surface area contributed by atoms with Crippen molar-refractivity contribution in [1.29, 1.82) is 0 Å². The largest absolute Gasteiger partial charge is 0.495 e. The van der Waals surface area contributed by atoms with Gasteiger partial charge in [0.2, 0.25) is 5.91 Å². The second-order valence-corrected chi connectivity index (χ2v) is 9.73. The molecule has 0 aromatic heterocycles. The molecule has 1 amide bonds. The van der Waals surface area contributed by atoms with Crippen molar-refractivity contribution < 1.29 is 27.5 Å². The van der Waals surface area contributed by atoms with E-state index in [1.807, 2.05) is 0 Å². The first-order chi connectivity index (χ1) is 16.7. The molecular weight excluding hydrogens is 492 g/mol. The fourth-order valence-corrected chi connectivity index (χ4v) is 4.95. The molecule has 0 saturated carbocycles. The zero-order valence-corrected chi connectivity index (χ0v) is 21.0. The molecule has 3 aromatic carbocycles. The summed E-state index contributed by atoms with van der Waals surface area (Å²) in [5.74, 6) is -0.976. The molecule has 0 bridgehead atoms. The molecule has 0 fully saturated rings. The van der Waals surface area contributed by atoms with Gasteiger partial charge in [-0.25, -0.2) is 13.2 Å². The molecule has 184 valence electrons. The van der Waals surface area contributed by atoms with Gasteiger partial charge in [-0.05, 0) is 61.9 Å². The van der Waals surface area contributed by atoms with Crippen LogP contribution in [0.1, 0.15) is 22.8 Å². The molecule has 0 atom stereocenters. The summed E-state index contributed by atoms with van der Waals surface area (Å²) in [6, 6.07) is 17.2. The molecule has 0 radical (unpaired) electrons. The number of rotatable bonds is 9. The number of hydrogen-bond donors (Lipinski definition) is 1. The molecule has 3 rings (SSSR count). The van der Waals surface area contributed by atoms with Gasteiger partial charge in [-0.3, -0.25) is 9.10 Å². The SMILES string of the molecule is CCOC(=O)c1cc(NC(=O)CN(c2cc(C)ccc2OC)S(=O)(=O)c2ccccc2)ccc1Cl. The Balaban J connectivity index is 1.98. The van der Waals surface area contributed by atoms with Crippen molar-refractivity contribution in [3.05, 3.63) is 82.9 Å². The highest BCUT2D eigenvalue weighted by Gasteiger charge is 2.29. The van der Waals surface area contributed by atoms with Gasteiger partial charge in [0.05, 0.1) is 34.9 Å². The minimum atomic E-state index is -4.13. The summed E-state index contributed by atoms with van der Waals surface area (Å²) in [6.07, 6.45) is 0. The van der Waals surface area contributed by atoms with Crippen LogP contribution in [0.5, 0.6) is 5.75 Å². The van der Waals surface area contributed by atoms with Crippen LogP contribution in [0.3, 0.4) is 0 Å². The average molecular weight is 517 g/mol. The van der Waals surface area contributed by atoms with Gasteiger partial charge in [0.1, 0.15) is 12.3 Å². The second-order valence-electron chi connectivity index (χ2n) is 7.46. The first-order valence-corrected chi connectivity index (χ1v) is 12.5. The van der Waals surface area contributed by atoms with E-state index in [1.165, 1.54) is 37.4 Å². The van der Waals surface area contributed by atoms with E-state index >= 15 is 0 Å². The van der Waals surface area contributed by atoms with Crippen LogP contribution >= 0.6 is 11.6 Å². The maximum absolute atomic E-state index is 13.6. The summed E-state index contributed by atoms with van der Waals surface area (Å²) >= 11 is 6.09. The lowest BCUT2D eigenvalue weighted by Crippen LogP contribution is -2.38. The average Bonchev–Trinajstić information content (AvgIpc) is 2.84. The minimum Gasteiger partial charge on any atom is -0.495 e. The first-order valence-electron chi connectivity index (χ1n) is 10.7. The van der Waals surface area contributed by atoms with Crippen molar-refractivity contribution in [3.8, 4) is 5.75 Å². The van der Waals surface area contributed by atoms with E-state index < -0.39 is 28.4 Å². The number of benzene rings is 3.